The zero-order valence-corrected chi connectivity index (χ0v) is 12.1. The third-order valence-electron chi connectivity index (χ3n) is 4.90. The van der Waals surface area contributed by atoms with E-state index in [-0.39, 0.29) is 0 Å². The van der Waals surface area contributed by atoms with Crippen molar-refractivity contribution in [3.63, 3.8) is 0 Å². The predicted molar refractivity (Wildman–Crippen MR) is 80.5 cm³/mol. The lowest BCUT2D eigenvalue weighted by Gasteiger charge is -2.24. The molecule has 2 aliphatic carbocycles. The average Bonchev–Trinajstić information content (AvgIpc) is 3.07. The zero-order valence-electron chi connectivity index (χ0n) is 12.1. The second-order valence-corrected chi connectivity index (χ2v) is 6.25. The number of fused-ring (bicyclic) bond motifs is 1. The Morgan fingerprint density at radius 2 is 1.74 bits per heavy atom. The summed E-state index contributed by atoms with van der Waals surface area (Å²) in [5.74, 6) is 0. The minimum atomic E-state index is 0.661. The van der Waals surface area contributed by atoms with E-state index in [0.717, 1.165) is 12.6 Å². The molecule has 0 atom stereocenters. The summed E-state index contributed by atoms with van der Waals surface area (Å²) in [7, 11) is 2.29. The van der Waals surface area contributed by atoms with Crippen molar-refractivity contribution >= 4 is 0 Å². The first kappa shape index (κ1) is 13.1. The maximum absolute atomic E-state index is 3.74. The maximum Gasteiger partial charge on any atom is 0.0149 e. The summed E-state index contributed by atoms with van der Waals surface area (Å²) in [6, 6.07) is 10.4. The summed E-state index contributed by atoms with van der Waals surface area (Å²) < 4.78 is 0. The second kappa shape index (κ2) is 6.06. The Labute approximate surface area is 117 Å². The SMILES string of the molecule is CN(CCNC1Cc2ccccc2C1)C1CCCC1. The molecule has 1 N–H and O–H groups in total. The molecule has 2 nitrogen and oxygen atoms in total. The molecule has 0 bridgehead atoms. The summed E-state index contributed by atoms with van der Waals surface area (Å²) in [6.45, 7) is 2.32. The Hall–Kier alpha value is -0.860. The standard InChI is InChI=1S/C17H26N2/c1-19(17-8-4-5-9-17)11-10-18-16-12-14-6-2-3-7-15(14)13-16/h2-3,6-7,16-18H,4-5,8-13H2,1H3. The van der Waals surface area contributed by atoms with Crippen LogP contribution < -0.4 is 5.32 Å². The Morgan fingerprint density at radius 3 is 2.37 bits per heavy atom. The monoisotopic (exact) mass is 258 g/mol. The fourth-order valence-corrected chi connectivity index (χ4v) is 3.68. The molecule has 0 heterocycles. The van der Waals surface area contributed by atoms with Crippen LogP contribution in [0.15, 0.2) is 24.3 Å². The van der Waals surface area contributed by atoms with Gasteiger partial charge in [0.2, 0.25) is 0 Å². The number of hydrogen-bond acceptors (Lipinski definition) is 2. The van der Waals surface area contributed by atoms with E-state index in [2.05, 4.69) is 41.5 Å². The van der Waals surface area contributed by atoms with Gasteiger partial charge in [-0.15, -0.1) is 0 Å². The van der Waals surface area contributed by atoms with Gasteiger partial charge in [0.25, 0.3) is 0 Å². The van der Waals surface area contributed by atoms with E-state index >= 15 is 0 Å². The molecule has 1 aromatic rings. The van der Waals surface area contributed by atoms with Gasteiger partial charge in [0.05, 0.1) is 0 Å². The molecule has 0 radical (unpaired) electrons. The molecule has 2 heteroatoms. The summed E-state index contributed by atoms with van der Waals surface area (Å²) in [5, 5.41) is 3.74. The lowest BCUT2D eigenvalue weighted by atomic mass is 10.1. The molecule has 1 aromatic carbocycles. The Morgan fingerprint density at radius 1 is 1.11 bits per heavy atom. The van der Waals surface area contributed by atoms with Gasteiger partial charge in [-0.25, -0.2) is 0 Å². The van der Waals surface area contributed by atoms with E-state index < -0.39 is 0 Å². The third kappa shape index (κ3) is 3.18. The minimum absolute atomic E-state index is 0.661. The van der Waals surface area contributed by atoms with Crippen molar-refractivity contribution in [2.75, 3.05) is 20.1 Å². The molecular weight excluding hydrogens is 232 g/mol. The number of hydrogen-bond donors (Lipinski definition) is 1. The highest BCUT2D eigenvalue weighted by Crippen LogP contribution is 2.23. The highest BCUT2D eigenvalue weighted by Gasteiger charge is 2.21. The first-order valence-corrected chi connectivity index (χ1v) is 7.83. The Balaban J connectivity index is 1.40. The third-order valence-corrected chi connectivity index (χ3v) is 4.90. The van der Waals surface area contributed by atoms with Crippen LogP contribution in [0.1, 0.15) is 36.8 Å². The molecule has 0 amide bonds. The number of nitrogens with one attached hydrogen (secondary N) is 1. The first-order chi connectivity index (χ1) is 9.33. The number of nitrogens with zero attached hydrogens (tertiary/aromatic N) is 1. The van der Waals surface area contributed by atoms with Crippen molar-refractivity contribution in [2.45, 2.75) is 50.6 Å². The molecular formula is C17H26N2. The van der Waals surface area contributed by atoms with Crippen LogP contribution in [0, 0.1) is 0 Å². The van der Waals surface area contributed by atoms with Gasteiger partial charge < -0.3 is 10.2 Å². The molecule has 3 rings (SSSR count). The molecule has 1 saturated carbocycles. The van der Waals surface area contributed by atoms with Crippen LogP contribution in [0.5, 0.6) is 0 Å². The largest absolute Gasteiger partial charge is 0.312 e. The Bertz CT molecular complexity index is 384. The van der Waals surface area contributed by atoms with E-state index in [1.54, 1.807) is 11.1 Å². The van der Waals surface area contributed by atoms with E-state index in [0.29, 0.717) is 6.04 Å². The van der Waals surface area contributed by atoms with Gasteiger partial charge in [-0.2, -0.15) is 0 Å². The fourth-order valence-electron chi connectivity index (χ4n) is 3.68. The van der Waals surface area contributed by atoms with Crippen LogP contribution in [-0.4, -0.2) is 37.1 Å². The van der Waals surface area contributed by atoms with Crippen LogP contribution in [0.2, 0.25) is 0 Å². The molecule has 19 heavy (non-hydrogen) atoms. The van der Waals surface area contributed by atoms with Crippen LogP contribution in [0.4, 0.5) is 0 Å². The summed E-state index contributed by atoms with van der Waals surface area (Å²) in [6.07, 6.45) is 8.10. The van der Waals surface area contributed by atoms with Gasteiger partial charge in [0, 0.05) is 25.2 Å². The van der Waals surface area contributed by atoms with Crippen LogP contribution in [0.25, 0.3) is 0 Å². The van der Waals surface area contributed by atoms with Crippen molar-refractivity contribution in [3.8, 4) is 0 Å². The van der Waals surface area contributed by atoms with E-state index in [9.17, 15) is 0 Å². The molecule has 104 valence electrons. The molecule has 1 fully saturated rings. The molecule has 0 spiro atoms. The van der Waals surface area contributed by atoms with Crippen molar-refractivity contribution < 1.29 is 0 Å². The average molecular weight is 258 g/mol. The van der Waals surface area contributed by atoms with Crippen LogP contribution in [0.3, 0.4) is 0 Å². The van der Waals surface area contributed by atoms with Crippen molar-refractivity contribution in [2.24, 2.45) is 0 Å². The van der Waals surface area contributed by atoms with Gasteiger partial charge >= 0.3 is 0 Å². The van der Waals surface area contributed by atoms with Gasteiger partial charge in [-0.1, -0.05) is 37.1 Å². The second-order valence-electron chi connectivity index (χ2n) is 6.25. The molecule has 2 aliphatic rings. The Kier molecular flexibility index (Phi) is 4.19. The minimum Gasteiger partial charge on any atom is -0.312 e. The smallest absolute Gasteiger partial charge is 0.0149 e. The van der Waals surface area contributed by atoms with Crippen molar-refractivity contribution in [1.82, 2.24) is 10.2 Å². The van der Waals surface area contributed by atoms with E-state index in [4.69, 9.17) is 0 Å². The van der Waals surface area contributed by atoms with Crippen molar-refractivity contribution in [1.29, 1.82) is 0 Å². The normalized spacial score (nSPS) is 20.3. The molecule has 0 aromatic heterocycles. The van der Waals surface area contributed by atoms with Crippen LogP contribution >= 0.6 is 0 Å². The van der Waals surface area contributed by atoms with Gasteiger partial charge in [0.15, 0.2) is 0 Å². The van der Waals surface area contributed by atoms with Gasteiger partial charge in [-0.3, -0.25) is 0 Å². The fraction of sp³-hybridized carbons (Fsp3) is 0.647. The van der Waals surface area contributed by atoms with E-state index in [1.807, 2.05) is 0 Å². The molecule has 0 saturated heterocycles. The zero-order chi connectivity index (χ0) is 13.1. The van der Waals surface area contributed by atoms with Crippen LogP contribution in [-0.2, 0) is 12.8 Å². The van der Waals surface area contributed by atoms with E-state index in [1.165, 1.54) is 45.1 Å². The summed E-state index contributed by atoms with van der Waals surface area (Å²) in [5.41, 5.74) is 3.09. The lowest BCUT2D eigenvalue weighted by molar-refractivity contribution is 0.242. The number of rotatable bonds is 5. The number of likely N-dealkylation sites (N-methyl/N-ethyl adjacent to an activating group) is 1. The molecule has 0 unspecified atom stereocenters. The summed E-state index contributed by atoms with van der Waals surface area (Å²) >= 11 is 0. The lowest BCUT2D eigenvalue weighted by Crippen LogP contribution is -2.39. The topological polar surface area (TPSA) is 15.3 Å². The maximum atomic E-state index is 3.74. The van der Waals surface area contributed by atoms with Gasteiger partial charge in [-0.05, 0) is 43.9 Å². The predicted octanol–water partition coefficient (Wildman–Crippen LogP) is 2.62. The highest BCUT2D eigenvalue weighted by atomic mass is 15.1. The highest BCUT2D eigenvalue weighted by molar-refractivity contribution is 5.33. The molecule has 0 aliphatic heterocycles. The van der Waals surface area contributed by atoms with Crippen molar-refractivity contribution in [3.05, 3.63) is 35.4 Å². The first-order valence-electron chi connectivity index (χ1n) is 7.83. The van der Waals surface area contributed by atoms with Gasteiger partial charge in [0.1, 0.15) is 0 Å². The number of benzene rings is 1. The quantitative estimate of drug-likeness (QED) is 0.873. The summed E-state index contributed by atoms with van der Waals surface area (Å²) in [4.78, 5) is 2.56.